The Morgan fingerprint density at radius 3 is 2.70 bits per heavy atom. The van der Waals surface area contributed by atoms with E-state index in [9.17, 15) is 8.42 Å². The monoisotopic (exact) mass is 665 g/mol. The van der Waals surface area contributed by atoms with E-state index >= 15 is 0 Å². The average molecular weight is 667 g/mol. The second-order valence-corrected chi connectivity index (χ2v) is 12.8. The van der Waals surface area contributed by atoms with Crippen LogP contribution in [0.25, 0.3) is 28.2 Å². The molecule has 1 aliphatic rings. The SMILES string of the molecule is Cc1cc(-c2nc3ncc(Br)c(Nc4cccc(S(N)(=O)=O)c4)c3[nH]2)c(C)n1-c1cccc(OCCN2CCOCC2)c1. The number of halogens is 1. The van der Waals surface area contributed by atoms with E-state index in [1.165, 1.54) is 12.1 Å². The molecule has 1 aliphatic heterocycles. The highest BCUT2D eigenvalue weighted by atomic mass is 79.9. The second kappa shape index (κ2) is 12.1. The van der Waals surface area contributed by atoms with Gasteiger partial charge in [0, 0.05) is 60.2 Å². The zero-order valence-corrected chi connectivity index (χ0v) is 26.2. The fourth-order valence-corrected chi connectivity index (χ4v) is 6.27. The highest BCUT2D eigenvalue weighted by molar-refractivity contribution is 9.10. The molecule has 3 aromatic heterocycles. The average Bonchev–Trinajstić information content (AvgIpc) is 3.55. The summed E-state index contributed by atoms with van der Waals surface area (Å²) in [6.45, 7) is 9.02. The number of benzene rings is 2. The Hall–Kier alpha value is -3.75. The van der Waals surface area contributed by atoms with Crippen molar-refractivity contribution < 1.29 is 17.9 Å². The molecule has 0 atom stereocenters. The number of morpholine rings is 1. The molecule has 0 saturated carbocycles. The second-order valence-electron chi connectivity index (χ2n) is 10.4. The van der Waals surface area contributed by atoms with Crippen molar-refractivity contribution in [1.82, 2.24) is 24.4 Å². The molecule has 4 N–H and O–H groups in total. The minimum absolute atomic E-state index is 0.0169. The van der Waals surface area contributed by atoms with Gasteiger partial charge < -0.3 is 24.3 Å². The van der Waals surface area contributed by atoms with E-state index in [1.54, 1.807) is 18.3 Å². The summed E-state index contributed by atoms with van der Waals surface area (Å²) in [6.07, 6.45) is 1.66. The number of H-pyrrole nitrogens is 1. The normalized spacial score (nSPS) is 14.3. The van der Waals surface area contributed by atoms with Crippen molar-refractivity contribution in [1.29, 1.82) is 0 Å². The maximum atomic E-state index is 11.9. The fraction of sp³-hybridized carbons (Fsp3) is 0.267. The lowest BCUT2D eigenvalue weighted by atomic mass is 10.2. The number of nitrogens with zero attached hydrogens (tertiary/aromatic N) is 4. The Morgan fingerprint density at radius 1 is 1.12 bits per heavy atom. The molecule has 1 fully saturated rings. The number of sulfonamides is 1. The van der Waals surface area contributed by atoms with Gasteiger partial charge in [0.1, 0.15) is 23.7 Å². The van der Waals surface area contributed by atoms with Crippen molar-refractivity contribution in [3.63, 3.8) is 0 Å². The van der Waals surface area contributed by atoms with Crippen molar-refractivity contribution in [3.8, 4) is 22.8 Å². The van der Waals surface area contributed by atoms with Crippen LogP contribution in [0.3, 0.4) is 0 Å². The maximum Gasteiger partial charge on any atom is 0.238 e. The fourth-order valence-electron chi connectivity index (χ4n) is 5.31. The third-order valence-corrected chi connectivity index (χ3v) is 8.96. The number of nitrogens with two attached hydrogens (primary N) is 1. The number of nitrogens with one attached hydrogen (secondary N) is 2. The molecule has 0 amide bonds. The summed E-state index contributed by atoms with van der Waals surface area (Å²) >= 11 is 3.57. The molecule has 43 heavy (non-hydrogen) atoms. The van der Waals surface area contributed by atoms with E-state index in [0.29, 0.717) is 39.4 Å². The van der Waals surface area contributed by atoms with Crippen LogP contribution >= 0.6 is 15.9 Å². The van der Waals surface area contributed by atoms with Crippen molar-refractivity contribution in [3.05, 3.63) is 76.7 Å². The molecule has 1 saturated heterocycles. The largest absolute Gasteiger partial charge is 0.492 e. The maximum absolute atomic E-state index is 11.9. The van der Waals surface area contributed by atoms with E-state index in [0.717, 1.165) is 61.2 Å². The molecule has 2 aromatic carbocycles. The lowest BCUT2D eigenvalue weighted by Gasteiger charge is -2.26. The van der Waals surface area contributed by atoms with Gasteiger partial charge in [0.05, 0.1) is 28.3 Å². The molecule has 0 aliphatic carbocycles. The number of rotatable bonds is 9. The first-order chi connectivity index (χ1) is 20.7. The topological polar surface area (TPSA) is 140 Å². The predicted molar refractivity (Wildman–Crippen MR) is 170 cm³/mol. The van der Waals surface area contributed by atoms with Crippen LogP contribution in [0.2, 0.25) is 0 Å². The zero-order chi connectivity index (χ0) is 30.1. The molecular formula is C30H32BrN7O4S. The quantitative estimate of drug-likeness (QED) is 0.202. The first-order valence-electron chi connectivity index (χ1n) is 13.8. The van der Waals surface area contributed by atoms with E-state index in [2.05, 4.69) is 72.7 Å². The lowest BCUT2D eigenvalue weighted by molar-refractivity contribution is 0.0322. The van der Waals surface area contributed by atoms with Crippen LogP contribution in [-0.4, -0.2) is 72.3 Å². The lowest BCUT2D eigenvalue weighted by Crippen LogP contribution is -2.38. The first kappa shape index (κ1) is 29.3. The van der Waals surface area contributed by atoms with Crippen LogP contribution in [0, 0.1) is 13.8 Å². The van der Waals surface area contributed by atoms with Crippen molar-refractivity contribution in [2.24, 2.45) is 5.14 Å². The zero-order valence-electron chi connectivity index (χ0n) is 23.8. The summed E-state index contributed by atoms with van der Waals surface area (Å²) in [5.41, 5.74) is 6.41. The van der Waals surface area contributed by atoms with Crippen molar-refractivity contribution in [2.45, 2.75) is 18.7 Å². The predicted octanol–water partition coefficient (Wildman–Crippen LogP) is 4.90. The Bertz CT molecular complexity index is 1900. The van der Waals surface area contributed by atoms with Gasteiger partial charge in [0.25, 0.3) is 0 Å². The van der Waals surface area contributed by atoms with Crippen molar-refractivity contribution in [2.75, 3.05) is 44.8 Å². The van der Waals surface area contributed by atoms with E-state index in [1.807, 2.05) is 12.1 Å². The standard InChI is InChI=1S/C30H32BrN7O4S/c1-19-15-25(20(2)38(19)22-6-4-7-23(17-22)42-14-11-37-9-12-41-13-10-37)29-35-28-27(26(31)18-33-30(28)36-29)34-21-5-3-8-24(16-21)43(32,39)40/h3-8,15-18H,9-14H2,1-2H3,(H2,32,39,40)(H2,33,34,35,36). The van der Waals surface area contributed by atoms with Crippen LogP contribution < -0.4 is 15.2 Å². The van der Waals surface area contributed by atoms with Gasteiger partial charge in [0.15, 0.2) is 5.65 Å². The molecular weight excluding hydrogens is 634 g/mol. The molecule has 5 aromatic rings. The summed E-state index contributed by atoms with van der Waals surface area (Å²) in [4.78, 5) is 15.1. The van der Waals surface area contributed by atoms with E-state index < -0.39 is 10.0 Å². The smallest absolute Gasteiger partial charge is 0.238 e. The van der Waals surface area contributed by atoms with Gasteiger partial charge in [-0.1, -0.05) is 12.1 Å². The molecule has 0 unspecified atom stereocenters. The number of aryl methyl sites for hydroxylation is 1. The summed E-state index contributed by atoms with van der Waals surface area (Å²) < 4.78 is 38.1. The number of hydrogen-bond donors (Lipinski definition) is 3. The number of imidazole rings is 1. The van der Waals surface area contributed by atoms with E-state index in [4.69, 9.17) is 19.6 Å². The number of hydrogen-bond acceptors (Lipinski definition) is 8. The van der Waals surface area contributed by atoms with Gasteiger partial charge in [0.2, 0.25) is 10.0 Å². The van der Waals surface area contributed by atoms with E-state index in [-0.39, 0.29) is 4.90 Å². The Kier molecular flexibility index (Phi) is 8.25. The molecule has 11 nitrogen and oxygen atoms in total. The molecule has 13 heteroatoms. The van der Waals surface area contributed by atoms with Gasteiger partial charge >= 0.3 is 0 Å². The number of pyridine rings is 1. The highest BCUT2D eigenvalue weighted by Gasteiger charge is 2.19. The van der Waals surface area contributed by atoms with Crippen LogP contribution in [0.5, 0.6) is 5.75 Å². The Morgan fingerprint density at radius 2 is 1.91 bits per heavy atom. The molecule has 224 valence electrons. The van der Waals surface area contributed by atoms with Gasteiger partial charge in [-0.3, -0.25) is 4.90 Å². The molecule has 0 radical (unpaired) electrons. The minimum Gasteiger partial charge on any atom is -0.492 e. The van der Waals surface area contributed by atoms with Gasteiger partial charge in [-0.15, -0.1) is 0 Å². The van der Waals surface area contributed by atoms with Gasteiger partial charge in [-0.05, 0) is 66.2 Å². The molecule has 0 bridgehead atoms. The number of aromatic amines is 1. The number of anilines is 2. The van der Waals surface area contributed by atoms with Crippen LogP contribution in [0.4, 0.5) is 11.4 Å². The van der Waals surface area contributed by atoms with Crippen LogP contribution in [0.1, 0.15) is 11.4 Å². The molecule has 0 spiro atoms. The number of fused-ring (bicyclic) bond motifs is 1. The number of ether oxygens (including phenoxy) is 2. The molecule has 4 heterocycles. The number of aromatic nitrogens is 4. The minimum atomic E-state index is -3.84. The van der Waals surface area contributed by atoms with Gasteiger partial charge in [-0.2, -0.15) is 0 Å². The number of primary sulfonamides is 1. The summed E-state index contributed by atoms with van der Waals surface area (Å²) in [6, 6.07) is 16.5. The Labute approximate surface area is 258 Å². The highest BCUT2D eigenvalue weighted by Crippen LogP contribution is 2.35. The third-order valence-electron chi connectivity index (χ3n) is 7.45. The van der Waals surface area contributed by atoms with Crippen LogP contribution in [0.15, 0.2) is 70.2 Å². The third kappa shape index (κ3) is 6.31. The first-order valence-corrected chi connectivity index (χ1v) is 16.2. The summed E-state index contributed by atoms with van der Waals surface area (Å²) in [5, 5.41) is 8.62. The van der Waals surface area contributed by atoms with Crippen LogP contribution in [-0.2, 0) is 14.8 Å². The van der Waals surface area contributed by atoms with Crippen molar-refractivity contribution >= 4 is 48.5 Å². The summed E-state index contributed by atoms with van der Waals surface area (Å²) in [7, 11) is -3.84. The molecule has 6 rings (SSSR count). The Balaban J connectivity index is 1.27. The summed E-state index contributed by atoms with van der Waals surface area (Å²) in [5.74, 6) is 1.49. The van der Waals surface area contributed by atoms with Gasteiger partial charge in [-0.25, -0.2) is 23.5 Å².